The summed E-state index contributed by atoms with van der Waals surface area (Å²) in [6, 6.07) is 14.1. The molecule has 18 heavy (non-hydrogen) atoms. The Bertz CT molecular complexity index is 517. The summed E-state index contributed by atoms with van der Waals surface area (Å²) >= 11 is 3.35. The summed E-state index contributed by atoms with van der Waals surface area (Å²) in [5, 5.41) is 3.29. The smallest absolute Gasteiger partial charge is 0.127 e. The molecule has 0 saturated carbocycles. The number of anilines is 1. The first kappa shape index (κ1) is 13.1. The van der Waals surface area contributed by atoms with E-state index in [1.165, 1.54) is 11.1 Å². The van der Waals surface area contributed by atoms with Crippen molar-refractivity contribution in [2.75, 3.05) is 12.4 Å². The number of rotatable bonds is 5. The van der Waals surface area contributed by atoms with Crippen LogP contribution in [0.15, 0.2) is 47.1 Å². The molecule has 0 saturated heterocycles. The predicted molar refractivity (Wildman–Crippen MR) is 76.4 cm³/mol. The van der Waals surface area contributed by atoms with E-state index >= 15 is 0 Å². The highest BCUT2D eigenvalue weighted by Gasteiger charge is 1.98. The predicted octanol–water partition coefficient (Wildman–Crippen LogP) is 3.60. The van der Waals surface area contributed by atoms with Crippen LogP contribution in [0.25, 0.3) is 0 Å². The minimum absolute atomic E-state index is 0.642. The summed E-state index contributed by atoms with van der Waals surface area (Å²) in [6.45, 7) is 1.39. The van der Waals surface area contributed by atoms with Crippen LogP contribution in [0.1, 0.15) is 11.1 Å². The highest BCUT2D eigenvalue weighted by atomic mass is 79.9. The number of methoxy groups -OCH3 is 1. The second kappa shape index (κ2) is 6.52. The second-order valence-electron chi connectivity index (χ2n) is 3.95. The summed E-state index contributed by atoms with van der Waals surface area (Å²) in [5.74, 6) is 0.863. The SMILES string of the molecule is COCc1cccc(CNc2cccc(Br)n2)c1. The topological polar surface area (TPSA) is 34.1 Å². The maximum Gasteiger partial charge on any atom is 0.127 e. The van der Waals surface area contributed by atoms with Crippen LogP contribution in [0.2, 0.25) is 0 Å². The molecule has 0 atom stereocenters. The van der Waals surface area contributed by atoms with Gasteiger partial charge in [0.15, 0.2) is 0 Å². The van der Waals surface area contributed by atoms with Gasteiger partial charge in [-0.15, -0.1) is 0 Å². The van der Waals surface area contributed by atoms with Crippen molar-refractivity contribution >= 4 is 21.7 Å². The van der Waals surface area contributed by atoms with Crippen molar-refractivity contribution in [2.24, 2.45) is 0 Å². The van der Waals surface area contributed by atoms with Crippen LogP contribution in [0.3, 0.4) is 0 Å². The number of benzene rings is 1. The van der Waals surface area contributed by atoms with Crippen LogP contribution in [0.4, 0.5) is 5.82 Å². The van der Waals surface area contributed by atoms with Crippen LogP contribution < -0.4 is 5.32 Å². The van der Waals surface area contributed by atoms with Crippen LogP contribution >= 0.6 is 15.9 Å². The number of hydrogen-bond donors (Lipinski definition) is 1. The maximum atomic E-state index is 5.12. The van der Waals surface area contributed by atoms with E-state index in [9.17, 15) is 0 Å². The molecule has 2 rings (SSSR count). The highest BCUT2D eigenvalue weighted by Crippen LogP contribution is 2.12. The molecule has 1 aromatic heterocycles. The lowest BCUT2D eigenvalue weighted by atomic mass is 10.1. The van der Waals surface area contributed by atoms with Gasteiger partial charge in [-0.05, 0) is 39.2 Å². The molecule has 0 spiro atoms. The maximum absolute atomic E-state index is 5.12. The van der Waals surface area contributed by atoms with Gasteiger partial charge in [0.1, 0.15) is 10.4 Å². The van der Waals surface area contributed by atoms with E-state index in [0.29, 0.717) is 6.61 Å². The number of nitrogens with one attached hydrogen (secondary N) is 1. The first-order valence-corrected chi connectivity index (χ1v) is 6.50. The van der Waals surface area contributed by atoms with Crippen molar-refractivity contribution in [3.63, 3.8) is 0 Å². The third-order valence-corrected chi connectivity index (χ3v) is 2.93. The van der Waals surface area contributed by atoms with Crippen LogP contribution in [0, 0.1) is 0 Å². The van der Waals surface area contributed by atoms with Gasteiger partial charge in [0, 0.05) is 13.7 Å². The molecule has 1 N–H and O–H groups in total. The van der Waals surface area contributed by atoms with Gasteiger partial charge in [0.05, 0.1) is 6.61 Å². The van der Waals surface area contributed by atoms with Gasteiger partial charge in [-0.1, -0.05) is 30.3 Å². The van der Waals surface area contributed by atoms with Gasteiger partial charge in [0.25, 0.3) is 0 Å². The second-order valence-corrected chi connectivity index (χ2v) is 4.76. The number of hydrogen-bond acceptors (Lipinski definition) is 3. The number of pyridine rings is 1. The summed E-state index contributed by atoms with van der Waals surface area (Å²) in [4.78, 5) is 4.33. The van der Waals surface area contributed by atoms with Crippen molar-refractivity contribution in [3.05, 3.63) is 58.2 Å². The molecule has 0 aliphatic carbocycles. The van der Waals surface area contributed by atoms with Crippen molar-refractivity contribution < 1.29 is 4.74 Å². The molecular formula is C14H15BrN2O. The zero-order valence-corrected chi connectivity index (χ0v) is 11.8. The number of ether oxygens (including phenoxy) is 1. The van der Waals surface area contributed by atoms with Gasteiger partial charge < -0.3 is 10.1 Å². The van der Waals surface area contributed by atoms with Crippen molar-refractivity contribution in [2.45, 2.75) is 13.2 Å². The summed E-state index contributed by atoms with van der Waals surface area (Å²) < 4.78 is 5.96. The van der Waals surface area contributed by atoms with Crippen LogP contribution in [0.5, 0.6) is 0 Å². The first-order valence-electron chi connectivity index (χ1n) is 5.71. The third-order valence-electron chi connectivity index (χ3n) is 2.49. The molecule has 0 amide bonds. The molecule has 0 unspecified atom stereocenters. The molecule has 0 radical (unpaired) electrons. The number of aromatic nitrogens is 1. The van der Waals surface area contributed by atoms with E-state index in [2.05, 4.69) is 44.4 Å². The minimum Gasteiger partial charge on any atom is -0.380 e. The Morgan fingerprint density at radius 1 is 1.17 bits per heavy atom. The molecule has 0 fully saturated rings. The third kappa shape index (κ3) is 3.82. The van der Waals surface area contributed by atoms with Crippen molar-refractivity contribution in [1.29, 1.82) is 0 Å². The Labute approximate surface area is 115 Å². The van der Waals surface area contributed by atoms with Crippen LogP contribution in [-0.2, 0) is 17.9 Å². The van der Waals surface area contributed by atoms with Crippen molar-refractivity contribution in [1.82, 2.24) is 4.98 Å². The Morgan fingerprint density at radius 3 is 2.72 bits per heavy atom. The Hall–Kier alpha value is -1.39. The fraction of sp³-hybridized carbons (Fsp3) is 0.214. The van der Waals surface area contributed by atoms with E-state index in [-0.39, 0.29) is 0 Å². The van der Waals surface area contributed by atoms with E-state index in [4.69, 9.17) is 4.74 Å². The fourth-order valence-electron chi connectivity index (χ4n) is 1.70. The van der Waals surface area contributed by atoms with E-state index in [1.54, 1.807) is 7.11 Å². The lowest BCUT2D eigenvalue weighted by molar-refractivity contribution is 0.185. The molecule has 2 aromatic rings. The highest BCUT2D eigenvalue weighted by molar-refractivity contribution is 9.10. The van der Waals surface area contributed by atoms with Gasteiger partial charge in [-0.3, -0.25) is 0 Å². The largest absolute Gasteiger partial charge is 0.380 e. The Kier molecular flexibility index (Phi) is 4.73. The standard InChI is InChI=1S/C14H15BrN2O/c1-18-10-12-5-2-4-11(8-12)9-16-14-7-3-6-13(15)17-14/h2-8H,9-10H2,1H3,(H,16,17). The van der Waals surface area contributed by atoms with Gasteiger partial charge >= 0.3 is 0 Å². The zero-order valence-electron chi connectivity index (χ0n) is 10.2. The summed E-state index contributed by atoms with van der Waals surface area (Å²) in [7, 11) is 1.70. The molecule has 3 nitrogen and oxygen atoms in total. The zero-order chi connectivity index (χ0) is 12.8. The summed E-state index contributed by atoms with van der Waals surface area (Å²) in [6.07, 6.45) is 0. The molecule has 1 aromatic carbocycles. The molecule has 94 valence electrons. The molecule has 1 heterocycles. The quantitative estimate of drug-likeness (QED) is 0.857. The average Bonchev–Trinajstić information content (AvgIpc) is 2.37. The Morgan fingerprint density at radius 2 is 1.94 bits per heavy atom. The molecule has 0 aliphatic rings. The lowest BCUT2D eigenvalue weighted by Crippen LogP contribution is -2.02. The monoisotopic (exact) mass is 306 g/mol. The molecule has 4 heteroatoms. The first-order chi connectivity index (χ1) is 8.78. The van der Waals surface area contributed by atoms with Crippen molar-refractivity contribution in [3.8, 4) is 0 Å². The van der Waals surface area contributed by atoms with Crippen LogP contribution in [-0.4, -0.2) is 12.1 Å². The van der Waals surface area contributed by atoms with E-state index < -0.39 is 0 Å². The lowest BCUT2D eigenvalue weighted by Gasteiger charge is -2.07. The van der Waals surface area contributed by atoms with Gasteiger partial charge in [0.2, 0.25) is 0 Å². The molecular weight excluding hydrogens is 292 g/mol. The van der Waals surface area contributed by atoms with Gasteiger partial charge in [-0.2, -0.15) is 0 Å². The van der Waals surface area contributed by atoms with E-state index in [0.717, 1.165) is 17.0 Å². The number of halogens is 1. The minimum atomic E-state index is 0.642. The molecule has 0 aliphatic heterocycles. The summed E-state index contributed by atoms with van der Waals surface area (Å²) in [5.41, 5.74) is 2.39. The molecule has 0 bridgehead atoms. The van der Waals surface area contributed by atoms with Gasteiger partial charge in [-0.25, -0.2) is 4.98 Å². The Balaban J connectivity index is 1.99. The number of nitrogens with zero attached hydrogens (tertiary/aromatic N) is 1. The van der Waals surface area contributed by atoms with E-state index in [1.807, 2.05) is 24.3 Å². The average molecular weight is 307 g/mol. The normalized spacial score (nSPS) is 10.3. The fourth-order valence-corrected chi connectivity index (χ4v) is 2.04.